The topological polar surface area (TPSA) is 30.2 Å². The molecule has 0 bridgehead atoms. The third kappa shape index (κ3) is 3.27. The molecule has 1 atom stereocenters. The minimum atomic E-state index is 0.152. The Morgan fingerprint density at radius 1 is 1.69 bits per heavy atom. The van der Waals surface area contributed by atoms with Crippen LogP contribution in [0.4, 0.5) is 0 Å². The normalized spacial score (nSPS) is 12.8. The highest BCUT2D eigenvalue weighted by Crippen LogP contribution is 2.15. The van der Waals surface area contributed by atoms with Gasteiger partial charge in [-0.05, 0) is 12.5 Å². The van der Waals surface area contributed by atoms with Crippen molar-refractivity contribution in [3.8, 4) is 0 Å². The monoisotopic (exact) mass is 198 g/mol. The summed E-state index contributed by atoms with van der Waals surface area (Å²) in [6.07, 6.45) is 4.13. The lowest BCUT2D eigenvalue weighted by Gasteiger charge is -2.05. The Bertz CT molecular complexity index is 254. The highest BCUT2D eigenvalue weighted by molar-refractivity contribution is 8.00. The van der Waals surface area contributed by atoms with Crippen molar-refractivity contribution >= 4 is 17.5 Å². The third-order valence-corrected chi connectivity index (χ3v) is 3.25. The summed E-state index contributed by atoms with van der Waals surface area (Å²) >= 11 is 1.69. The van der Waals surface area contributed by atoms with Crippen LogP contribution in [0.15, 0.2) is 23.0 Å². The van der Waals surface area contributed by atoms with Crippen LogP contribution in [0.5, 0.6) is 0 Å². The van der Waals surface area contributed by atoms with E-state index in [0.717, 1.165) is 6.42 Å². The van der Waals surface area contributed by atoms with E-state index in [9.17, 15) is 4.79 Å². The molecule has 1 unspecified atom stereocenters. The zero-order valence-electron chi connectivity index (χ0n) is 7.95. The van der Waals surface area contributed by atoms with Gasteiger partial charge in [-0.1, -0.05) is 13.8 Å². The zero-order chi connectivity index (χ0) is 9.68. The van der Waals surface area contributed by atoms with Crippen LogP contribution in [0.1, 0.15) is 30.6 Å². The maximum Gasteiger partial charge on any atom is 0.175 e. The zero-order valence-corrected chi connectivity index (χ0v) is 8.76. The van der Waals surface area contributed by atoms with Gasteiger partial charge in [-0.3, -0.25) is 4.79 Å². The van der Waals surface area contributed by atoms with Crippen LogP contribution < -0.4 is 0 Å². The van der Waals surface area contributed by atoms with E-state index in [4.69, 9.17) is 4.42 Å². The summed E-state index contributed by atoms with van der Waals surface area (Å²) in [5.41, 5.74) is 0.677. The van der Waals surface area contributed by atoms with Crippen LogP contribution in [0.3, 0.4) is 0 Å². The van der Waals surface area contributed by atoms with Gasteiger partial charge in [0.1, 0.15) is 6.26 Å². The summed E-state index contributed by atoms with van der Waals surface area (Å²) in [5, 5.41) is 0.552. The van der Waals surface area contributed by atoms with Crippen LogP contribution in [0.2, 0.25) is 0 Å². The maximum atomic E-state index is 11.4. The lowest BCUT2D eigenvalue weighted by molar-refractivity contribution is 0.102. The predicted molar refractivity (Wildman–Crippen MR) is 55.2 cm³/mol. The molecule has 0 saturated carbocycles. The van der Waals surface area contributed by atoms with Crippen molar-refractivity contribution in [2.24, 2.45) is 0 Å². The quantitative estimate of drug-likeness (QED) is 0.681. The first-order chi connectivity index (χ1) is 6.24. The van der Waals surface area contributed by atoms with Crippen LogP contribution in [-0.2, 0) is 0 Å². The number of ketones is 1. The SMILES string of the molecule is CCC(C)SCC(=O)c1ccoc1. The predicted octanol–water partition coefficient (Wildman–Crippen LogP) is 2.99. The standard InChI is InChI=1S/C10H14O2S/c1-3-8(2)13-7-10(11)9-4-5-12-6-9/h4-6,8H,3,7H2,1-2H3. The Labute approximate surface area is 82.7 Å². The van der Waals surface area contributed by atoms with Crippen molar-refractivity contribution < 1.29 is 9.21 Å². The summed E-state index contributed by atoms with van der Waals surface area (Å²) in [4.78, 5) is 11.4. The number of carbonyl (C=O) groups excluding carboxylic acids is 1. The number of thioether (sulfide) groups is 1. The highest BCUT2D eigenvalue weighted by Gasteiger charge is 2.08. The highest BCUT2D eigenvalue weighted by atomic mass is 32.2. The molecule has 1 rings (SSSR count). The minimum Gasteiger partial charge on any atom is -0.472 e. The van der Waals surface area contributed by atoms with Crippen molar-refractivity contribution in [3.05, 3.63) is 24.2 Å². The Kier molecular flexibility index (Phi) is 4.09. The molecule has 1 heterocycles. The molecule has 3 heteroatoms. The molecule has 0 aromatic carbocycles. The molecule has 0 aliphatic rings. The average Bonchev–Trinajstić information content (AvgIpc) is 2.66. The molecule has 72 valence electrons. The van der Waals surface area contributed by atoms with Gasteiger partial charge in [-0.2, -0.15) is 11.8 Å². The van der Waals surface area contributed by atoms with E-state index in [-0.39, 0.29) is 5.78 Å². The first kappa shape index (κ1) is 10.4. The molecule has 1 aromatic heterocycles. The van der Waals surface area contributed by atoms with Crippen molar-refractivity contribution in [2.75, 3.05) is 5.75 Å². The molecule has 0 fully saturated rings. The Morgan fingerprint density at radius 3 is 3.00 bits per heavy atom. The van der Waals surface area contributed by atoms with Gasteiger partial charge in [-0.15, -0.1) is 0 Å². The molecule has 0 saturated heterocycles. The second-order valence-corrected chi connectivity index (χ2v) is 4.39. The lowest BCUT2D eigenvalue weighted by atomic mass is 10.2. The number of Topliss-reactive ketones (excluding diaryl/α,β-unsaturated/α-hetero) is 1. The van der Waals surface area contributed by atoms with Gasteiger partial charge >= 0.3 is 0 Å². The second-order valence-electron chi connectivity index (χ2n) is 2.97. The number of carbonyl (C=O) groups is 1. The summed E-state index contributed by atoms with van der Waals surface area (Å²) in [7, 11) is 0. The van der Waals surface area contributed by atoms with Crippen LogP contribution in [0.25, 0.3) is 0 Å². The molecule has 0 N–H and O–H groups in total. The van der Waals surface area contributed by atoms with Gasteiger partial charge in [0.05, 0.1) is 17.6 Å². The van der Waals surface area contributed by atoms with Crippen LogP contribution in [0, 0.1) is 0 Å². The van der Waals surface area contributed by atoms with Crippen molar-refractivity contribution in [2.45, 2.75) is 25.5 Å². The van der Waals surface area contributed by atoms with E-state index in [1.807, 2.05) is 0 Å². The summed E-state index contributed by atoms with van der Waals surface area (Å²) in [6, 6.07) is 1.71. The Morgan fingerprint density at radius 2 is 2.46 bits per heavy atom. The number of furan rings is 1. The Hall–Kier alpha value is -0.700. The number of rotatable bonds is 5. The summed E-state index contributed by atoms with van der Waals surface area (Å²) in [6.45, 7) is 4.26. The Balaban J connectivity index is 2.35. The molecular formula is C10H14O2S. The molecular weight excluding hydrogens is 184 g/mol. The van der Waals surface area contributed by atoms with Crippen molar-refractivity contribution in [1.29, 1.82) is 0 Å². The second kappa shape index (κ2) is 5.12. The fourth-order valence-corrected chi connectivity index (χ4v) is 1.68. The first-order valence-electron chi connectivity index (χ1n) is 4.41. The molecule has 0 aliphatic carbocycles. The molecule has 0 radical (unpaired) electrons. The number of hydrogen-bond acceptors (Lipinski definition) is 3. The largest absolute Gasteiger partial charge is 0.472 e. The number of hydrogen-bond donors (Lipinski definition) is 0. The van der Waals surface area contributed by atoms with Gasteiger partial charge < -0.3 is 4.42 Å². The fraction of sp³-hybridized carbons (Fsp3) is 0.500. The fourth-order valence-electron chi connectivity index (χ4n) is 0.842. The maximum absolute atomic E-state index is 11.4. The third-order valence-electron chi connectivity index (χ3n) is 1.92. The molecule has 0 amide bonds. The summed E-state index contributed by atoms with van der Waals surface area (Å²) in [5.74, 6) is 0.702. The van der Waals surface area contributed by atoms with Crippen molar-refractivity contribution in [1.82, 2.24) is 0 Å². The molecule has 0 aliphatic heterocycles. The van der Waals surface area contributed by atoms with Gasteiger partial charge in [0.2, 0.25) is 0 Å². The average molecular weight is 198 g/mol. The molecule has 1 aromatic rings. The smallest absolute Gasteiger partial charge is 0.175 e. The van der Waals surface area contributed by atoms with E-state index in [0.29, 0.717) is 16.6 Å². The van der Waals surface area contributed by atoms with Gasteiger partial charge in [0.25, 0.3) is 0 Å². The molecule has 13 heavy (non-hydrogen) atoms. The van der Waals surface area contributed by atoms with E-state index in [1.54, 1.807) is 17.8 Å². The summed E-state index contributed by atoms with van der Waals surface area (Å²) < 4.78 is 4.84. The van der Waals surface area contributed by atoms with Crippen molar-refractivity contribution in [3.63, 3.8) is 0 Å². The van der Waals surface area contributed by atoms with Crippen LogP contribution in [-0.4, -0.2) is 16.8 Å². The first-order valence-corrected chi connectivity index (χ1v) is 5.46. The molecule has 0 spiro atoms. The molecule has 2 nitrogen and oxygen atoms in total. The lowest BCUT2D eigenvalue weighted by Crippen LogP contribution is -2.04. The van der Waals surface area contributed by atoms with Gasteiger partial charge in [0, 0.05) is 5.25 Å². The van der Waals surface area contributed by atoms with E-state index in [2.05, 4.69) is 13.8 Å². The van der Waals surface area contributed by atoms with Gasteiger partial charge in [0.15, 0.2) is 5.78 Å². The van der Waals surface area contributed by atoms with E-state index < -0.39 is 0 Å². The minimum absolute atomic E-state index is 0.152. The van der Waals surface area contributed by atoms with E-state index in [1.165, 1.54) is 12.5 Å². The van der Waals surface area contributed by atoms with Crippen LogP contribution >= 0.6 is 11.8 Å². The van der Waals surface area contributed by atoms with Gasteiger partial charge in [-0.25, -0.2) is 0 Å². The van der Waals surface area contributed by atoms with E-state index >= 15 is 0 Å².